The number of ketones is 1. The van der Waals surface area contributed by atoms with Gasteiger partial charge in [-0.2, -0.15) is 0 Å². The van der Waals surface area contributed by atoms with Gasteiger partial charge in [-0.25, -0.2) is 0 Å². The average Bonchev–Trinajstić information content (AvgIpc) is 2.85. The predicted octanol–water partition coefficient (Wildman–Crippen LogP) is 4.11. The predicted molar refractivity (Wildman–Crippen MR) is 92.4 cm³/mol. The highest BCUT2D eigenvalue weighted by Crippen LogP contribution is 2.58. The van der Waals surface area contributed by atoms with Gasteiger partial charge in [0.25, 0.3) is 0 Å². The Bertz CT molecular complexity index is 660. The highest BCUT2D eigenvalue weighted by molar-refractivity contribution is 6.07. The van der Waals surface area contributed by atoms with Crippen LogP contribution in [0.1, 0.15) is 63.5 Å². The molecule has 0 fully saturated rings. The molecule has 2 aliphatic carbocycles. The van der Waals surface area contributed by atoms with Gasteiger partial charge in [0.2, 0.25) is 0 Å². The minimum absolute atomic E-state index is 0.111. The number of benzene rings is 1. The van der Waals surface area contributed by atoms with Crippen LogP contribution in [0.3, 0.4) is 0 Å². The van der Waals surface area contributed by atoms with E-state index >= 15 is 0 Å². The smallest absolute Gasteiger partial charge is 0.159 e. The summed E-state index contributed by atoms with van der Waals surface area (Å²) >= 11 is 0. The molecule has 0 spiro atoms. The Morgan fingerprint density at radius 2 is 2.00 bits per heavy atom. The second-order valence-corrected chi connectivity index (χ2v) is 6.79. The van der Waals surface area contributed by atoms with E-state index < -0.39 is 0 Å². The van der Waals surface area contributed by atoms with Gasteiger partial charge in [-0.05, 0) is 54.0 Å². The van der Waals surface area contributed by atoms with Crippen molar-refractivity contribution in [2.24, 2.45) is 5.41 Å². The number of allylic oxidation sites excluding steroid dienone is 2. The van der Waals surface area contributed by atoms with E-state index in [1.807, 2.05) is 6.07 Å². The summed E-state index contributed by atoms with van der Waals surface area (Å²) in [5.41, 5.74) is 18.5. The number of Topliss-reactive ketones (excluding diaryl/α,β-unsaturated/α-hetero) is 1. The zero-order chi connectivity index (χ0) is 15.9. The molecule has 3 rings (SSSR count). The maximum absolute atomic E-state index is 12.4. The average molecular weight is 298 g/mol. The number of hydrogen-bond donors (Lipinski definition) is 2. The quantitative estimate of drug-likeness (QED) is 0.822. The molecule has 0 unspecified atom stereocenters. The Balaban J connectivity index is 2.22. The van der Waals surface area contributed by atoms with Crippen molar-refractivity contribution >= 4 is 22.7 Å². The normalized spacial score (nSPS) is 23.6. The van der Waals surface area contributed by atoms with Gasteiger partial charge in [0.05, 0.1) is 11.4 Å². The zero-order valence-electron chi connectivity index (χ0n) is 13.7. The maximum Gasteiger partial charge on any atom is 0.159 e. The van der Waals surface area contributed by atoms with Gasteiger partial charge in [-0.15, -0.1) is 0 Å². The van der Waals surface area contributed by atoms with Crippen LogP contribution in [0.2, 0.25) is 0 Å². The first-order valence-corrected chi connectivity index (χ1v) is 8.48. The highest BCUT2D eigenvalue weighted by atomic mass is 16.1. The number of anilines is 2. The summed E-state index contributed by atoms with van der Waals surface area (Å²) < 4.78 is 0. The number of carbonyl (C=O) groups excluding carboxylic acids is 1. The summed E-state index contributed by atoms with van der Waals surface area (Å²) in [6.45, 7) is 4.32. The van der Waals surface area contributed by atoms with E-state index in [4.69, 9.17) is 11.5 Å². The van der Waals surface area contributed by atoms with E-state index in [0.29, 0.717) is 17.9 Å². The van der Waals surface area contributed by atoms with Gasteiger partial charge in [-0.3, -0.25) is 4.79 Å². The summed E-state index contributed by atoms with van der Waals surface area (Å²) in [7, 11) is 0. The summed E-state index contributed by atoms with van der Waals surface area (Å²) in [6, 6.07) is 3.97. The highest BCUT2D eigenvalue weighted by Gasteiger charge is 2.46. The number of unbranched alkanes of at least 4 members (excludes halogenated alkanes) is 1. The van der Waals surface area contributed by atoms with Crippen LogP contribution in [0.25, 0.3) is 5.57 Å². The molecule has 118 valence electrons. The van der Waals surface area contributed by atoms with Gasteiger partial charge >= 0.3 is 0 Å². The van der Waals surface area contributed by atoms with E-state index in [-0.39, 0.29) is 5.41 Å². The molecule has 1 atom stereocenters. The van der Waals surface area contributed by atoms with Crippen molar-refractivity contribution in [1.29, 1.82) is 0 Å². The second kappa shape index (κ2) is 5.45. The molecule has 22 heavy (non-hydrogen) atoms. The third-order valence-electron chi connectivity index (χ3n) is 5.54. The monoisotopic (exact) mass is 298 g/mol. The van der Waals surface area contributed by atoms with Crippen molar-refractivity contribution < 1.29 is 4.79 Å². The Hall–Kier alpha value is -1.77. The number of nitrogen functional groups attached to an aromatic ring is 2. The van der Waals surface area contributed by atoms with Crippen LogP contribution >= 0.6 is 0 Å². The summed E-state index contributed by atoms with van der Waals surface area (Å²) in [5.74, 6) is 0.327. The fourth-order valence-corrected chi connectivity index (χ4v) is 4.39. The van der Waals surface area contributed by atoms with Crippen LogP contribution in [0.4, 0.5) is 11.4 Å². The molecule has 3 nitrogen and oxygen atoms in total. The lowest BCUT2D eigenvalue weighted by atomic mass is 9.67. The Morgan fingerprint density at radius 3 is 2.68 bits per heavy atom. The first-order valence-electron chi connectivity index (χ1n) is 8.48. The molecule has 0 saturated carbocycles. The molecule has 0 aromatic heterocycles. The molecule has 4 N–H and O–H groups in total. The van der Waals surface area contributed by atoms with Gasteiger partial charge in [-0.1, -0.05) is 32.8 Å². The molecule has 1 aromatic rings. The van der Waals surface area contributed by atoms with E-state index in [1.54, 1.807) is 0 Å². The molecule has 0 radical (unpaired) electrons. The molecule has 2 aliphatic rings. The van der Waals surface area contributed by atoms with Crippen molar-refractivity contribution in [3.8, 4) is 0 Å². The molecular formula is C19H26N2O. The van der Waals surface area contributed by atoms with Gasteiger partial charge in [0.15, 0.2) is 5.78 Å². The number of fused-ring (bicyclic) bond motifs is 3. The maximum atomic E-state index is 12.4. The van der Waals surface area contributed by atoms with Crippen LogP contribution in [0, 0.1) is 5.41 Å². The van der Waals surface area contributed by atoms with Gasteiger partial charge < -0.3 is 11.5 Å². The van der Waals surface area contributed by atoms with E-state index in [9.17, 15) is 4.79 Å². The number of rotatable bonds is 4. The summed E-state index contributed by atoms with van der Waals surface area (Å²) in [5, 5.41) is 0. The van der Waals surface area contributed by atoms with Crippen LogP contribution in [-0.4, -0.2) is 5.78 Å². The first-order chi connectivity index (χ1) is 10.5. The van der Waals surface area contributed by atoms with E-state index in [2.05, 4.69) is 19.9 Å². The molecular weight excluding hydrogens is 272 g/mol. The minimum atomic E-state index is 0.111. The van der Waals surface area contributed by atoms with E-state index in [1.165, 1.54) is 29.5 Å². The van der Waals surface area contributed by atoms with Gasteiger partial charge in [0.1, 0.15) is 0 Å². The second-order valence-electron chi connectivity index (χ2n) is 6.79. The molecule has 0 saturated heterocycles. The lowest BCUT2D eigenvalue weighted by Gasteiger charge is -2.36. The zero-order valence-corrected chi connectivity index (χ0v) is 13.7. The Kier molecular flexibility index (Phi) is 3.75. The fourth-order valence-electron chi connectivity index (χ4n) is 4.39. The van der Waals surface area contributed by atoms with Crippen molar-refractivity contribution in [1.82, 2.24) is 0 Å². The summed E-state index contributed by atoms with van der Waals surface area (Å²) in [6.07, 6.45) is 6.91. The third kappa shape index (κ3) is 2.06. The molecule has 0 amide bonds. The van der Waals surface area contributed by atoms with E-state index in [0.717, 1.165) is 36.9 Å². The topological polar surface area (TPSA) is 69.1 Å². The van der Waals surface area contributed by atoms with Crippen LogP contribution < -0.4 is 11.5 Å². The van der Waals surface area contributed by atoms with Gasteiger partial charge in [0, 0.05) is 11.8 Å². The minimum Gasteiger partial charge on any atom is -0.397 e. The van der Waals surface area contributed by atoms with Crippen molar-refractivity contribution in [2.45, 2.75) is 58.8 Å². The van der Waals surface area contributed by atoms with Crippen molar-refractivity contribution in [3.05, 3.63) is 28.8 Å². The largest absolute Gasteiger partial charge is 0.397 e. The number of nitrogens with two attached hydrogens (primary N) is 2. The van der Waals surface area contributed by atoms with Crippen molar-refractivity contribution in [3.63, 3.8) is 0 Å². The summed E-state index contributed by atoms with van der Waals surface area (Å²) in [4.78, 5) is 12.4. The van der Waals surface area contributed by atoms with Crippen molar-refractivity contribution in [2.75, 3.05) is 11.5 Å². The fraction of sp³-hybridized carbons (Fsp3) is 0.526. The first kappa shape index (κ1) is 15.1. The standard InChI is InChI=1S/C19H26N2O/c1-3-5-9-19-10-8-16(22)12(4-2)17(19)13-6-7-15(20)18(21)14(13)11-19/h6-7H,3-5,8-11,20-21H2,1-2H3/t19-/m0/s1. The third-order valence-corrected chi connectivity index (χ3v) is 5.54. The molecule has 1 aromatic carbocycles. The molecule has 0 aliphatic heterocycles. The van der Waals surface area contributed by atoms with Crippen LogP contribution in [0.15, 0.2) is 17.7 Å². The lowest BCUT2D eigenvalue weighted by Crippen LogP contribution is -2.28. The Labute approximate surface area is 132 Å². The lowest BCUT2D eigenvalue weighted by molar-refractivity contribution is -0.116. The molecule has 0 bridgehead atoms. The SMILES string of the molecule is CCCC[C@@]12CCC(=O)C(CC)=C1c1ccc(N)c(N)c1C2. The van der Waals surface area contributed by atoms with Crippen LogP contribution in [-0.2, 0) is 11.2 Å². The number of hydrogen-bond acceptors (Lipinski definition) is 3. The molecule has 0 heterocycles. The number of carbonyl (C=O) groups is 1. The van der Waals surface area contributed by atoms with Crippen LogP contribution in [0.5, 0.6) is 0 Å². The Morgan fingerprint density at radius 1 is 1.23 bits per heavy atom. The molecule has 3 heteroatoms.